The molecule has 1 aromatic heterocycles. The molecule has 1 fully saturated rings. The van der Waals surface area contributed by atoms with E-state index < -0.39 is 0 Å². The van der Waals surface area contributed by atoms with Crippen molar-refractivity contribution >= 4 is 5.78 Å². The van der Waals surface area contributed by atoms with Crippen LogP contribution in [0.1, 0.15) is 43.3 Å². The number of Topliss-reactive ketones (excluding diaryl/α,β-unsaturated/α-hetero) is 1. The van der Waals surface area contributed by atoms with Gasteiger partial charge in [-0.3, -0.25) is 4.79 Å². The zero-order valence-electron chi connectivity index (χ0n) is 8.49. The normalized spacial score (nSPS) is 16.2. The summed E-state index contributed by atoms with van der Waals surface area (Å²) in [5.41, 5.74) is 0. The molecule has 0 radical (unpaired) electrons. The number of nitrogens with zero attached hydrogens (tertiary/aromatic N) is 2. The molecule has 2 rings (SSSR count). The minimum atomic E-state index is 0.0208. The predicted molar refractivity (Wildman–Crippen MR) is 49.9 cm³/mol. The van der Waals surface area contributed by atoms with Crippen LogP contribution in [0.5, 0.6) is 0 Å². The van der Waals surface area contributed by atoms with E-state index in [4.69, 9.17) is 4.42 Å². The van der Waals surface area contributed by atoms with Crippen molar-refractivity contribution in [1.29, 1.82) is 0 Å². The zero-order chi connectivity index (χ0) is 10.1. The molecule has 0 aliphatic heterocycles. The first kappa shape index (κ1) is 9.37. The molecule has 76 valence electrons. The smallest absolute Gasteiger partial charge is 0.284 e. The molecule has 4 nitrogen and oxygen atoms in total. The summed E-state index contributed by atoms with van der Waals surface area (Å²) >= 11 is 0. The Kier molecular flexibility index (Phi) is 2.35. The first-order valence-electron chi connectivity index (χ1n) is 5.03. The highest BCUT2D eigenvalue weighted by Gasteiger charge is 2.33. The van der Waals surface area contributed by atoms with Crippen molar-refractivity contribution in [2.75, 3.05) is 0 Å². The van der Waals surface area contributed by atoms with Gasteiger partial charge in [-0.15, -0.1) is 10.2 Å². The molecule has 0 amide bonds. The quantitative estimate of drug-likeness (QED) is 0.686. The highest BCUT2D eigenvalue weighted by atomic mass is 16.4. The van der Waals surface area contributed by atoms with Gasteiger partial charge in [-0.25, -0.2) is 0 Å². The van der Waals surface area contributed by atoms with Crippen LogP contribution in [0.3, 0.4) is 0 Å². The van der Waals surface area contributed by atoms with Gasteiger partial charge in [-0.2, -0.15) is 0 Å². The van der Waals surface area contributed by atoms with Gasteiger partial charge in [-0.05, 0) is 18.8 Å². The van der Waals surface area contributed by atoms with E-state index in [2.05, 4.69) is 24.0 Å². The molecular weight excluding hydrogens is 180 g/mol. The molecule has 0 saturated heterocycles. The molecule has 1 aliphatic carbocycles. The third-order valence-electron chi connectivity index (χ3n) is 2.21. The van der Waals surface area contributed by atoms with Crippen molar-refractivity contribution < 1.29 is 9.21 Å². The number of carbonyl (C=O) groups excluding carboxylic acids is 1. The fourth-order valence-corrected chi connectivity index (χ4v) is 1.31. The molecule has 0 unspecified atom stereocenters. The molecule has 1 saturated carbocycles. The van der Waals surface area contributed by atoms with Crippen LogP contribution in [0.4, 0.5) is 0 Å². The number of hydrogen-bond donors (Lipinski definition) is 0. The second-order valence-electron chi connectivity index (χ2n) is 4.24. The lowest BCUT2D eigenvalue weighted by Crippen LogP contribution is -2.01. The number of ketones is 1. The average Bonchev–Trinajstić information content (AvgIpc) is 2.86. The van der Waals surface area contributed by atoms with E-state index in [1.54, 1.807) is 0 Å². The lowest BCUT2D eigenvalue weighted by atomic mass is 10.1. The zero-order valence-corrected chi connectivity index (χ0v) is 8.49. The fourth-order valence-electron chi connectivity index (χ4n) is 1.31. The second kappa shape index (κ2) is 3.52. The van der Waals surface area contributed by atoms with Gasteiger partial charge in [-0.1, -0.05) is 13.8 Å². The Labute approximate surface area is 82.7 Å². The molecule has 4 heteroatoms. The number of hydrogen-bond acceptors (Lipinski definition) is 4. The molecule has 0 N–H and O–H groups in total. The van der Waals surface area contributed by atoms with Crippen LogP contribution in [0.15, 0.2) is 4.42 Å². The lowest BCUT2D eigenvalue weighted by molar-refractivity contribution is 0.0931. The average molecular weight is 194 g/mol. The van der Waals surface area contributed by atoms with E-state index >= 15 is 0 Å². The van der Waals surface area contributed by atoms with E-state index in [-0.39, 0.29) is 17.6 Å². The van der Waals surface area contributed by atoms with Gasteiger partial charge in [0.2, 0.25) is 11.7 Å². The Hall–Kier alpha value is -1.19. The van der Waals surface area contributed by atoms with Crippen molar-refractivity contribution in [2.24, 2.45) is 11.8 Å². The molecule has 0 bridgehead atoms. The lowest BCUT2D eigenvalue weighted by Gasteiger charge is -1.96. The second-order valence-corrected chi connectivity index (χ2v) is 4.24. The first-order valence-corrected chi connectivity index (χ1v) is 5.03. The Morgan fingerprint density at radius 2 is 2.21 bits per heavy atom. The molecule has 1 aromatic rings. The van der Waals surface area contributed by atoms with Gasteiger partial charge in [0, 0.05) is 12.3 Å². The molecule has 1 heterocycles. The Balaban J connectivity index is 2.05. The Morgan fingerprint density at radius 3 is 2.79 bits per heavy atom. The van der Waals surface area contributed by atoms with Crippen LogP contribution in [-0.2, 0) is 6.42 Å². The van der Waals surface area contributed by atoms with Crippen LogP contribution in [-0.4, -0.2) is 16.0 Å². The largest absolute Gasteiger partial charge is 0.418 e. The monoisotopic (exact) mass is 194 g/mol. The molecule has 0 aromatic carbocycles. The number of aromatic nitrogens is 2. The van der Waals surface area contributed by atoms with Gasteiger partial charge >= 0.3 is 0 Å². The maximum absolute atomic E-state index is 11.5. The Morgan fingerprint density at radius 1 is 1.50 bits per heavy atom. The van der Waals surface area contributed by atoms with Crippen LogP contribution in [0.25, 0.3) is 0 Å². The van der Waals surface area contributed by atoms with Gasteiger partial charge < -0.3 is 4.42 Å². The van der Waals surface area contributed by atoms with Crippen molar-refractivity contribution in [1.82, 2.24) is 10.2 Å². The SMILES string of the molecule is CC(C)Cc1nnc(C(=O)C2CC2)o1. The summed E-state index contributed by atoms with van der Waals surface area (Å²) in [5.74, 6) is 1.42. The number of rotatable bonds is 4. The summed E-state index contributed by atoms with van der Waals surface area (Å²) in [6.45, 7) is 4.15. The molecular formula is C10H14N2O2. The molecule has 0 atom stereocenters. The highest BCUT2D eigenvalue weighted by Crippen LogP contribution is 2.32. The summed E-state index contributed by atoms with van der Waals surface area (Å²) in [4.78, 5) is 11.5. The van der Waals surface area contributed by atoms with Gasteiger partial charge in [0.05, 0.1) is 0 Å². The summed E-state index contributed by atoms with van der Waals surface area (Å²) in [7, 11) is 0. The predicted octanol–water partition coefficient (Wildman–Crippen LogP) is 1.86. The minimum absolute atomic E-state index is 0.0208. The third kappa shape index (κ3) is 2.00. The van der Waals surface area contributed by atoms with Crippen molar-refractivity contribution in [2.45, 2.75) is 33.1 Å². The maximum Gasteiger partial charge on any atom is 0.284 e. The summed E-state index contributed by atoms with van der Waals surface area (Å²) in [6, 6.07) is 0. The van der Waals surface area contributed by atoms with Gasteiger partial charge in [0.1, 0.15) is 0 Å². The summed E-state index contributed by atoms with van der Waals surface area (Å²) < 4.78 is 5.29. The van der Waals surface area contributed by atoms with Crippen molar-refractivity contribution in [3.63, 3.8) is 0 Å². The van der Waals surface area contributed by atoms with E-state index in [1.165, 1.54) is 0 Å². The van der Waals surface area contributed by atoms with Crippen LogP contribution < -0.4 is 0 Å². The standard InChI is InChI=1S/C10H14N2O2/c1-6(2)5-8-11-12-10(14-8)9(13)7-3-4-7/h6-7H,3-5H2,1-2H3. The van der Waals surface area contributed by atoms with E-state index in [1.807, 2.05) is 0 Å². The van der Waals surface area contributed by atoms with E-state index in [9.17, 15) is 4.79 Å². The van der Waals surface area contributed by atoms with E-state index in [0.717, 1.165) is 19.3 Å². The first-order chi connectivity index (χ1) is 6.66. The topological polar surface area (TPSA) is 56.0 Å². The number of carbonyl (C=O) groups is 1. The summed E-state index contributed by atoms with van der Waals surface area (Å²) in [6.07, 6.45) is 2.69. The maximum atomic E-state index is 11.5. The van der Waals surface area contributed by atoms with Crippen LogP contribution in [0, 0.1) is 11.8 Å². The molecule has 0 spiro atoms. The third-order valence-corrected chi connectivity index (χ3v) is 2.21. The van der Waals surface area contributed by atoms with Crippen molar-refractivity contribution in [3.8, 4) is 0 Å². The highest BCUT2D eigenvalue weighted by molar-refractivity contribution is 5.95. The van der Waals surface area contributed by atoms with Crippen LogP contribution >= 0.6 is 0 Å². The summed E-state index contributed by atoms with van der Waals surface area (Å²) in [5, 5.41) is 7.61. The minimum Gasteiger partial charge on any atom is -0.418 e. The van der Waals surface area contributed by atoms with Gasteiger partial charge in [0.15, 0.2) is 0 Å². The Bertz CT molecular complexity index is 340. The van der Waals surface area contributed by atoms with Crippen molar-refractivity contribution in [3.05, 3.63) is 11.8 Å². The molecule has 1 aliphatic rings. The van der Waals surface area contributed by atoms with Crippen LogP contribution in [0.2, 0.25) is 0 Å². The molecule has 14 heavy (non-hydrogen) atoms. The van der Waals surface area contributed by atoms with Gasteiger partial charge in [0.25, 0.3) is 5.89 Å². The van der Waals surface area contributed by atoms with E-state index in [0.29, 0.717) is 11.8 Å². The fraction of sp³-hybridized carbons (Fsp3) is 0.700.